The molecule has 0 saturated carbocycles. The zero-order valence-corrected chi connectivity index (χ0v) is 9.28. The topological polar surface area (TPSA) is 29.1 Å². The van der Waals surface area contributed by atoms with Gasteiger partial charge >= 0.3 is 0 Å². The second-order valence-corrected chi connectivity index (χ2v) is 4.67. The van der Waals surface area contributed by atoms with Gasteiger partial charge in [0.1, 0.15) is 5.82 Å². The monoisotopic (exact) mass is 227 g/mol. The van der Waals surface area contributed by atoms with Gasteiger partial charge in [0.15, 0.2) is 5.78 Å². The standard InChI is InChI=1S/C11H11ClFNO/c1-11(2)10(15)5-7-8(12)3-6(13)4-9(7)14-11/h3-4,14H,5H2,1-2H3. The Morgan fingerprint density at radius 1 is 1.47 bits per heavy atom. The number of hydrogen-bond donors (Lipinski definition) is 1. The molecule has 0 aliphatic carbocycles. The summed E-state index contributed by atoms with van der Waals surface area (Å²) in [6, 6.07) is 2.60. The van der Waals surface area contributed by atoms with Crippen LogP contribution in [0.3, 0.4) is 0 Å². The summed E-state index contributed by atoms with van der Waals surface area (Å²) in [4.78, 5) is 11.7. The van der Waals surface area contributed by atoms with Gasteiger partial charge in [0.2, 0.25) is 0 Å². The number of ketones is 1. The molecule has 2 nitrogen and oxygen atoms in total. The number of carbonyl (C=O) groups is 1. The second-order valence-electron chi connectivity index (χ2n) is 4.26. The lowest BCUT2D eigenvalue weighted by molar-refractivity contribution is -0.122. The summed E-state index contributed by atoms with van der Waals surface area (Å²) in [5, 5.41) is 3.30. The van der Waals surface area contributed by atoms with E-state index in [9.17, 15) is 9.18 Å². The van der Waals surface area contributed by atoms with Gasteiger partial charge in [-0.2, -0.15) is 0 Å². The first-order valence-corrected chi connectivity index (χ1v) is 5.07. The molecule has 1 aromatic rings. The van der Waals surface area contributed by atoms with Gasteiger partial charge in [-0.3, -0.25) is 4.79 Å². The third-order valence-electron chi connectivity index (χ3n) is 2.64. The fourth-order valence-electron chi connectivity index (χ4n) is 1.68. The van der Waals surface area contributed by atoms with Gasteiger partial charge in [0.05, 0.1) is 5.54 Å². The summed E-state index contributed by atoms with van der Waals surface area (Å²) >= 11 is 5.87. The van der Waals surface area contributed by atoms with E-state index in [1.54, 1.807) is 13.8 Å². The minimum atomic E-state index is -0.649. The van der Waals surface area contributed by atoms with Crippen molar-refractivity contribution < 1.29 is 9.18 Å². The van der Waals surface area contributed by atoms with E-state index in [-0.39, 0.29) is 12.2 Å². The summed E-state index contributed by atoms with van der Waals surface area (Å²) in [5.74, 6) is -0.333. The van der Waals surface area contributed by atoms with Crippen molar-refractivity contribution in [1.82, 2.24) is 0 Å². The zero-order chi connectivity index (χ0) is 11.2. The maximum atomic E-state index is 13.1. The smallest absolute Gasteiger partial charge is 0.162 e. The summed E-state index contributed by atoms with van der Waals surface area (Å²) in [5.41, 5.74) is 0.649. The Bertz CT molecular complexity index is 442. The molecular formula is C11H11ClFNO. The van der Waals surface area contributed by atoms with Crippen LogP contribution in [-0.4, -0.2) is 11.3 Å². The molecule has 0 bridgehead atoms. The first kappa shape index (κ1) is 10.4. The van der Waals surface area contributed by atoms with Crippen LogP contribution in [-0.2, 0) is 11.2 Å². The summed E-state index contributed by atoms with van der Waals surface area (Å²) in [6.07, 6.45) is 0.258. The molecule has 0 spiro atoms. The van der Waals surface area contributed by atoms with Crippen molar-refractivity contribution in [2.75, 3.05) is 5.32 Å². The lowest BCUT2D eigenvalue weighted by Gasteiger charge is -2.32. The van der Waals surface area contributed by atoms with Crippen LogP contribution in [0.4, 0.5) is 10.1 Å². The molecule has 1 aliphatic rings. The highest BCUT2D eigenvalue weighted by molar-refractivity contribution is 6.32. The molecule has 1 N–H and O–H groups in total. The van der Waals surface area contributed by atoms with Crippen LogP contribution in [0.5, 0.6) is 0 Å². The highest BCUT2D eigenvalue weighted by atomic mass is 35.5. The lowest BCUT2D eigenvalue weighted by atomic mass is 9.88. The average molecular weight is 228 g/mol. The number of anilines is 1. The van der Waals surface area contributed by atoms with E-state index < -0.39 is 11.4 Å². The minimum Gasteiger partial charge on any atom is -0.373 e. The highest BCUT2D eigenvalue weighted by Crippen LogP contribution is 2.33. The Morgan fingerprint density at radius 2 is 2.13 bits per heavy atom. The van der Waals surface area contributed by atoms with Crippen molar-refractivity contribution >= 4 is 23.1 Å². The third-order valence-corrected chi connectivity index (χ3v) is 2.98. The van der Waals surface area contributed by atoms with E-state index in [1.165, 1.54) is 12.1 Å². The quantitative estimate of drug-likeness (QED) is 0.739. The molecule has 0 saturated heterocycles. The molecule has 2 rings (SSSR count). The van der Waals surface area contributed by atoms with Gasteiger partial charge in [-0.25, -0.2) is 4.39 Å². The van der Waals surface area contributed by atoms with Crippen molar-refractivity contribution in [3.05, 3.63) is 28.5 Å². The summed E-state index contributed by atoms with van der Waals surface area (Å²) < 4.78 is 13.1. The Hall–Kier alpha value is -1.09. The van der Waals surface area contributed by atoms with Gasteiger partial charge in [-0.05, 0) is 26.0 Å². The predicted octanol–water partition coefficient (Wildman–Crippen LogP) is 2.79. The van der Waals surface area contributed by atoms with Crippen LogP contribution < -0.4 is 5.32 Å². The maximum absolute atomic E-state index is 13.1. The molecule has 15 heavy (non-hydrogen) atoms. The van der Waals surface area contributed by atoms with E-state index >= 15 is 0 Å². The number of halogens is 2. The Kier molecular flexibility index (Phi) is 2.23. The number of Topliss-reactive ketones (excluding diaryl/α,β-unsaturated/α-hetero) is 1. The molecule has 1 aromatic carbocycles. The Morgan fingerprint density at radius 3 is 2.80 bits per heavy atom. The summed E-state index contributed by atoms with van der Waals surface area (Å²) in [6.45, 7) is 3.55. The molecule has 0 fully saturated rings. The van der Waals surface area contributed by atoms with Crippen molar-refractivity contribution in [1.29, 1.82) is 0 Å². The maximum Gasteiger partial charge on any atom is 0.162 e. The molecule has 1 heterocycles. The highest BCUT2D eigenvalue weighted by Gasteiger charge is 2.33. The van der Waals surface area contributed by atoms with E-state index in [2.05, 4.69) is 5.32 Å². The van der Waals surface area contributed by atoms with Gasteiger partial charge in [-0.1, -0.05) is 11.6 Å². The van der Waals surface area contributed by atoms with Crippen molar-refractivity contribution in [2.45, 2.75) is 25.8 Å². The molecule has 0 unspecified atom stereocenters. The van der Waals surface area contributed by atoms with Crippen LogP contribution in [0, 0.1) is 5.82 Å². The normalized spacial score (nSPS) is 18.3. The molecule has 0 radical (unpaired) electrons. The lowest BCUT2D eigenvalue weighted by Crippen LogP contribution is -2.44. The van der Waals surface area contributed by atoms with Crippen molar-refractivity contribution in [2.24, 2.45) is 0 Å². The molecule has 1 aliphatic heterocycles. The number of fused-ring (bicyclic) bond motifs is 1. The molecule has 0 amide bonds. The Balaban J connectivity index is 2.55. The predicted molar refractivity (Wildman–Crippen MR) is 57.8 cm³/mol. The first-order chi connectivity index (χ1) is 6.90. The van der Waals surface area contributed by atoms with E-state index in [0.29, 0.717) is 16.3 Å². The van der Waals surface area contributed by atoms with E-state index in [4.69, 9.17) is 11.6 Å². The number of benzene rings is 1. The summed E-state index contributed by atoms with van der Waals surface area (Å²) in [7, 11) is 0. The van der Waals surface area contributed by atoms with Crippen LogP contribution in [0.25, 0.3) is 0 Å². The van der Waals surface area contributed by atoms with Crippen LogP contribution in [0.1, 0.15) is 19.4 Å². The fraction of sp³-hybridized carbons (Fsp3) is 0.364. The number of nitrogens with one attached hydrogen (secondary N) is 1. The average Bonchev–Trinajstić information content (AvgIpc) is 2.08. The van der Waals surface area contributed by atoms with E-state index in [1.807, 2.05) is 0 Å². The van der Waals surface area contributed by atoms with Crippen molar-refractivity contribution in [3.8, 4) is 0 Å². The third kappa shape index (κ3) is 1.72. The second kappa shape index (κ2) is 3.20. The van der Waals surface area contributed by atoms with Gasteiger partial charge < -0.3 is 5.32 Å². The molecule has 0 atom stereocenters. The first-order valence-electron chi connectivity index (χ1n) is 4.69. The number of rotatable bonds is 0. The molecule has 0 aromatic heterocycles. The molecule has 80 valence electrons. The van der Waals surface area contributed by atoms with Gasteiger partial charge in [0, 0.05) is 22.7 Å². The largest absolute Gasteiger partial charge is 0.373 e. The number of hydrogen-bond acceptors (Lipinski definition) is 2. The molecule has 4 heteroatoms. The van der Waals surface area contributed by atoms with Crippen molar-refractivity contribution in [3.63, 3.8) is 0 Å². The van der Waals surface area contributed by atoms with Gasteiger partial charge in [0.25, 0.3) is 0 Å². The Labute approximate surface area is 92.4 Å². The SMILES string of the molecule is CC1(C)Nc2cc(F)cc(Cl)c2CC1=O. The van der Waals surface area contributed by atoms with E-state index in [0.717, 1.165) is 0 Å². The van der Waals surface area contributed by atoms with Crippen LogP contribution >= 0.6 is 11.6 Å². The molecular weight excluding hydrogens is 217 g/mol. The van der Waals surface area contributed by atoms with Gasteiger partial charge in [-0.15, -0.1) is 0 Å². The fourth-order valence-corrected chi connectivity index (χ4v) is 1.96. The van der Waals surface area contributed by atoms with Crippen LogP contribution in [0.15, 0.2) is 12.1 Å². The van der Waals surface area contributed by atoms with Crippen LogP contribution in [0.2, 0.25) is 5.02 Å². The zero-order valence-electron chi connectivity index (χ0n) is 8.53. The number of carbonyl (C=O) groups excluding carboxylic acids is 1. The minimum absolute atomic E-state index is 0.0588.